The first-order valence-electron chi connectivity index (χ1n) is 7.53. The molecule has 20 heavy (non-hydrogen) atoms. The summed E-state index contributed by atoms with van der Waals surface area (Å²) in [6.07, 6.45) is 6.60. The van der Waals surface area contributed by atoms with Crippen LogP contribution in [-0.4, -0.2) is 66.7 Å². The van der Waals surface area contributed by atoms with E-state index in [0.29, 0.717) is 6.42 Å². The van der Waals surface area contributed by atoms with Crippen molar-refractivity contribution in [1.29, 1.82) is 0 Å². The first-order valence-corrected chi connectivity index (χ1v) is 7.53. The third-order valence-corrected chi connectivity index (χ3v) is 4.12. The van der Waals surface area contributed by atoms with Crippen LogP contribution < -0.4 is 5.32 Å². The molecular formula is C15H29N3O2. The lowest BCUT2D eigenvalue weighted by atomic mass is 10.0. The van der Waals surface area contributed by atoms with Gasteiger partial charge in [0.1, 0.15) is 6.04 Å². The lowest BCUT2D eigenvalue weighted by molar-refractivity contribution is -0.139. The molecule has 0 unspecified atom stereocenters. The third kappa shape index (κ3) is 5.92. The van der Waals surface area contributed by atoms with Gasteiger partial charge in [-0.05, 0) is 72.0 Å². The summed E-state index contributed by atoms with van der Waals surface area (Å²) in [6.45, 7) is 6.93. The molecule has 116 valence electrons. The van der Waals surface area contributed by atoms with Crippen molar-refractivity contribution in [2.45, 2.75) is 44.2 Å². The average molecular weight is 283 g/mol. The molecule has 0 aliphatic carbocycles. The molecule has 1 saturated heterocycles. The fourth-order valence-corrected chi connectivity index (χ4v) is 2.76. The minimum Gasteiger partial charge on any atom is -0.480 e. The molecule has 2 N–H and O–H groups in total. The molecule has 0 amide bonds. The number of aliphatic carboxylic acids is 1. The Hall–Kier alpha value is -1.07. The van der Waals surface area contributed by atoms with E-state index in [1.165, 1.54) is 19.0 Å². The molecule has 5 heteroatoms. The SMILES string of the molecule is C=CN[C@@H](CCCCN1CCC(N(C)C)CC1)C(=O)O. The van der Waals surface area contributed by atoms with Crippen LogP contribution in [0, 0.1) is 0 Å². The van der Waals surface area contributed by atoms with Crippen molar-refractivity contribution in [1.82, 2.24) is 15.1 Å². The summed E-state index contributed by atoms with van der Waals surface area (Å²) in [5.74, 6) is -0.795. The van der Waals surface area contributed by atoms with Gasteiger partial charge < -0.3 is 20.2 Å². The molecule has 0 spiro atoms. The number of nitrogens with zero attached hydrogens (tertiary/aromatic N) is 2. The number of hydrogen-bond donors (Lipinski definition) is 2. The van der Waals surface area contributed by atoms with E-state index in [0.717, 1.165) is 38.5 Å². The number of piperidine rings is 1. The average Bonchev–Trinajstić information content (AvgIpc) is 2.42. The molecule has 1 heterocycles. The van der Waals surface area contributed by atoms with E-state index < -0.39 is 12.0 Å². The smallest absolute Gasteiger partial charge is 0.326 e. The molecule has 0 bridgehead atoms. The minimum absolute atomic E-state index is 0.494. The summed E-state index contributed by atoms with van der Waals surface area (Å²) in [7, 11) is 4.30. The molecule has 0 aromatic carbocycles. The predicted molar refractivity (Wildman–Crippen MR) is 81.8 cm³/mol. The highest BCUT2D eigenvalue weighted by Crippen LogP contribution is 2.15. The lowest BCUT2D eigenvalue weighted by Crippen LogP contribution is -2.42. The van der Waals surface area contributed by atoms with Gasteiger partial charge in [-0.1, -0.05) is 6.58 Å². The van der Waals surface area contributed by atoms with Crippen molar-refractivity contribution in [2.75, 3.05) is 33.7 Å². The van der Waals surface area contributed by atoms with E-state index in [-0.39, 0.29) is 0 Å². The number of unbranched alkanes of at least 4 members (excludes halogenated alkanes) is 1. The molecule has 0 aromatic heterocycles. The Balaban J connectivity index is 2.13. The molecule has 5 nitrogen and oxygen atoms in total. The van der Waals surface area contributed by atoms with Gasteiger partial charge in [0.05, 0.1) is 0 Å². The molecule has 0 aromatic rings. The van der Waals surface area contributed by atoms with E-state index in [2.05, 4.69) is 35.8 Å². The van der Waals surface area contributed by atoms with Crippen LogP contribution in [0.25, 0.3) is 0 Å². The molecule has 0 saturated carbocycles. The Morgan fingerprint density at radius 2 is 2.10 bits per heavy atom. The number of carbonyl (C=O) groups is 1. The minimum atomic E-state index is -0.795. The largest absolute Gasteiger partial charge is 0.480 e. The number of nitrogens with one attached hydrogen (secondary N) is 1. The normalized spacial score (nSPS) is 18.9. The fourth-order valence-electron chi connectivity index (χ4n) is 2.76. The number of carboxylic acid groups (broad SMARTS) is 1. The van der Waals surface area contributed by atoms with Crippen LogP contribution in [0.3, 0.4) is 0 Å². The molecule has 1 aliphatic heterocycles. The summed E-state index contributed by atoms with van der Waals surface area (Å²) in [4.78, 5) is 15.8. The van der Waals surface area contributed by atoms with Crippen molar-refractivity contribution in [2.24, 2.45) is 0 Å². The van der Waals surface area contributed by atoms with Crippen LogP contribution >= 0.6 is 0 Å². The van der Waals surface area contributed by atoms with E-state index in [1.807, 2.05) is 0 Å². The molecule has 0 radical (unpaired) electrons. The second-order valence-electron chi connectivity index (χ2n) is 5.79. The highest BCUT2D eigenvalue weighted by molar-refractivity contribution is 5.73. The Morgan fingerprint density at radius 3 is 2.60 bits per heavy atom. The van der Waals surface area contributed by atoms with Gasteiger partial charge in [0.25, 0.3) is 0 Å². The first kappa shape index (κ1) is 17.0. The van der Waals surface area contributed by atoms with Crippen LogP contribution in [-0.2, 0) is 4.79 Å². The monoisotopic (exact) mass is 283 g/mol. The molecular weight excluding hydrogens is 254 g/mol. The topological polar surface area (TPSA) is 55.8 Å². The number of carboxylic acids is 1. The Kier molecular flexibility index (Phi) is 7.62. The maximum absolute atomic E-state index is 11.0. The van der Waals surface area contributed by atoms with Gasteiger partial charge in [-0.2, -0.15) is 0 Å². The zero-order valence-electron chi connectivity index (χ0n) is 12.8. The van der Waals surface area contributed by atoms with E-state index >= 15 is 0 Å². The van der Waals surface area contributed by atoms with E-state index in [4.69, 9.17) is 5.11 Å². The summed E-state index contributed by atoms with van der Waals surface area (Å²) in [5, 5.41) is 11.8. The summed E-state index contributed by atoms with van der Waals surface area (Å²) >= 11 is 0. The van der Waals surface area contributed by atoms with Gasteiger partial charge in [-0.15, -0.1) is 0 Å². The van der Waals surface area contributed by atoms with Gasteiger partial charge in [0.15, 0.2) is 0 Å². The van der Waals surface area contributed by atoms with E-state index in [9.17, 15) is 4.79 Å². The molecule has 1 atom stereocenters. The van der Waals surface area contributed by atoms with Gasteiger partial charge >= 0.3 is 5.97 Å². The first-order chi connectivity index (χ1) is 9.54. The Labute approximate surface area is 122 Å². The van der Waals surface area contributed by atoms with Crippen LogP contribution in [0.2, 0.25) is 0 Å². The highest BCUT2D eigenvalue weighted by atomic mass is 16.4. The Bertz CT molecular complexity index is 299. The Morgan fingerprint density at radius 1 is 1.45 bits per heavy atom. The number of hydrogen-bond acceptors (Lipinski definition) is 4. The summed E-state index contributed by atoms with van der Waals surface area (Å²) in [5.41, 5.74) is 0. The number of likely N-dealkylation sites (tertiary alicyclic amines) is 1. The standard InChI is InChI=1S/C15H29N3O2/c1-4-16-14(15(19)20)7-5-6-10-18-11-8-13(9-12-18)17(2)3/h4,13-14,16H,1,5-12H2,2-3H3,(H,19,20)/t14-/m0/s1. The summed E-state index contributed by atoms with van der Waals surface area (Å²) < 4.78 is 0. The van der Waals surface area contributed by atoms with Gasteiger partial charge in [0, 0.05) is 6.04 Å². The van der Waals surface area contributed by atoms with E-state index in [1.54, 1.807) is 0 Å². The zero-order chi connectivity index (χ0) is 15.0. The van der Waals surface area contributed by atoms with Crippen LogP contribution in [0.5, 0.6) is 0 Å². The maximum Gasteiger partial charge on any atom is 0.326 e. The van der Waals surface area contributed by atoms with Crippen molar-refractivity contribution >= 4 is 5.97 Å². The van der Waals surface area contributed by atoms with Gasteiger partial charge in [-0.3, -0.25) is 0 Å². The van der Waals surface area contributed by atoms with Crippen LogP contribution in [0.4, 0.5) is 0 Å². The second-order valence-corrected chi connectivity index (χ2v) is 5.79. The summed E-state index contributed by atoms with van der Waals surface area (Å²) in [6, 6.07) is 0.228. The number of rotatable bonds is 9. The second kappa shape index (κ2) is 8.97. The highest BCUT2D eigenvalue weighted by Gasteiger charge is 2.20. The molecule has 1 aliphatic rings. The van der Waals surface area contributed by atoms with Crippen LogP contribution in [0.1, 0.15) is 32.1 Å². The van der Waals surface area contributed by atoms with Crippen molar-refractivity contribution in [3.05, 3.63) is 12.8 Å². The van der Waals surface area contributed by atoms with Gasteiger partial charge in [-0.25, -0.2) is 4.79 Å². The van der Waals surface area contributed by atoms with Gasteiger partial charge in [0.2, 0.25) is 0 Å². The van der Waals surface area contributed by atoms with Crippen molar-refractivity contribution < 1.29 is 9.90 Å². The quantitative estimate of drug-likeness (QED) is 0.626. The molecule has 1 rings (SSSR count). The molecule has 1 fully saturated rings. The third-order valence-electron chi connectivity index (χ3n) is 4.12. The van der Waals surface area contributed by atoms with Crippen LogP contribution in [0.15, 0.2) is 12.8 Å². The predicted octanol–water partition coefficient (Wildman–Crippen LogP) is 1.37. The fraction of sp³-hybridized carbons (Fsp3) is 0.800. The maximum atomic E-state index is 11.0. The lowest BCUT2D eigenvalue weighted by Gasteiger charge is -2.35. The van der Waals surface area contributed by atoms with Crippen molar-refractivity contribution in [3.63, 3.8) is 0 Å². The zero-order valence-corrected chi connectivity index (χ0v) is 12.8. The van der Waals surface area contributed by atoms with Crippen molar-refractivity contribution in [3.8, 4) is 0 Å².